The van der Waals surface area contributed by atoms with Crippen LogP contribution in [0.4, 0.5) is 11.4 Å². The Bertz CT molecular complexity index is 1010. The molecule has 10 heteroatoms. The molecule has 130 valence electrons. The Morgan fingerprint density at radius 3 is 2.68 bits per heavy atom. The topological polar surface area (TPSA) is 93.1 Å². The fraction of sp³-hybridized carbons (Fsp3) is 0.0667. The highest BCUT2D eigenvalue weighted by atomic mass is 79.9. The van der Waals surface area contributed by atoms with Gasteiger partial charge in [-0.1, -0.05) is 15.9 Å². The second kappa shape index (κ2) is 6.98. The quantitative estimate of drug-likeness (QED) is 0.636. The molecule has 3 aromatic rings. The third-order valence-corrected chi connectivity index (χ3v) is 5.02. The van der Waals surface area contributed by atoms with Crippen LogP contribution in [0.15, 0.2) is 52.6 Å². The number of nitrogens with one attached hydrogen (secondary N) is 2. The van der Waals surface area contributed by atoms with E-state index in [0.717, 1.165) is 11.9 Å². The van der Waals surface area contributed by atoms with Crippen LogP contribution in [0, 0.1) is 0 Å². The first-order valence-electron chi connectivity index (χ1n) is 6.98. The van der Waals surface area contributed by atoms with Gasteiger partial charge in [-0.3, -0.25) is 9.52 Å². The van der Waals surface area contributed by atoms with Gasteiger partial charge in [0.25, 0.3) is 5.91 Å². The predicted molar refractivity (Wildman–Crippen MR) is 102 cm³/mol. The van der Waals surface area contributed by atoms with Gasteiger partial charge in [0.2, 0.25) is 10.0 Å². The van der Waals surface area contributed by atoms with Gasteiger partial charge in [0, 0.05) is 27.9 Å². The van der Waals surface area contributed by atoms with Crippen LogP contribution in [-0.2, 0) is 10.0 Å². The van der Waals surface area contributed by atoms with Crippen molar-refractivity contribution in [3.05, 3.63) is 57.5 Å². The highest BCUT2D eigenvalue weighted by Crippen LogP contribution is 2.25. The first kappa shape index (κ1) is 17.6. The number of benzene rings is 1. The summed E-state index contributed by atoms with van der Waals surface area (Å²) in [5, 5.41) is 8.71. The van der Waals surface area contributed by atoms with Crippen molar-refractivity contribution in [3.8, 4) is 5.69 Å². The summed E-state index contributed by atoms with van der Waals surface area (Å²) in [6, 6.07) is 8.38. The van der Waals surface area contributed by atoms with Gasteiger partial charge in [-0.05, 0) is 30.3 Å². The molecule has 0 radical (unpaired) electrons. The van der Waals surface area contributed by atoms with Gasteiger partial charge in [-0.15, -0.1) is 11.3 Å². The first-order chi connectivity index (χ1) is 11.8. The maximum Gasteiger partial charge on any atom is 0.265 e. The van der Waals surface area contributed by atoms with E-state index in [4.69, 9.17) is 0 Å². The number of halogens is 1. The van der Waals surface area contributed by atoms with Crippen LogP contribution in [0.2, 0.25) is 0 Å². The van der Waals surface area contributed by atoms with E-state index < -0.39 is 10.0 Å². The largest absolute Gasteiger partial charge is 0.321 e. The zero-order valence-corrected chi connectivity index (χ0v) is 16.2. The molecule has 1 amide bonds. The van der Waals surface area contributed by atoms with Crippen LogP contribution in [0.1, 0.15) is 9.67 Å². The number of carbonyl (C=O) groups is 1. The van der Waals surface area contributed by atoms with Crippen molar-refractivity contribution in [2.45, 2.75) is 0 Å². The molecule has 0 aliphatic rings. The molecule has 0 saturated heterocycles. The molecule has 0 spiro atoms. The summed E-state index contributed by atoms with van der Waals surface area (Å²) in [5.74, 6) is -0.285. The molecule has 0 fully saturated rings. The van der Waals surface area contributed by atoms with Crippen molar-refractivity contribution in [2.24, 2.45) is 0 Å². The van der Waals surface area contributed by atoms with E-state index in [0.29, 0.717) is 20.7 Å². The van der Waals surface area contributed by atoms with Crippen molar-refractivity contribution in [3.63, 3.8) is 0 Å². The predicted octanol–water partition coefficient (Wildman–Crippen LogP) is 3.32. The minimum Gasteiger partial charge on any atom is -0.321 e. The Balaban J connectivity index is 1.79. The summed E-state index contributed by atoms with van der Waals surface area (Å²) in [7, 11) is -3.40. The van der Waals surface area contributed by atoms with Crippen LogP contribution in [0.5, 0.6) is 0 Å². The number of hydrogen-bond donors (Lipinski definition) is 2. The molecular formula is C15H13BrN4O3S2. The van der Waals surface area contributed by atoms with E-state index >= 15 is 0 Å². The van der Waals surface area contributed by atoms with E-state index in [-0.39, 0.29) is 5.91 Å². The van der Waals surface area contributed by atoms with Gasteiger partial charge in [-0.2, -0.15) is 5.10 Å². The molecule has 0 unspecified atom stereocenters. The molecule has 7 nitrogen and oxygen atoms in total. The van der Waals surface area contributed by atoms with Crippen molar-refractivity contribution in [1.29, 1.82) is 0 Å². The lowest BCUT2D eigenvalue weighted by Gasteiger charge is -2.09. The van der Waals surface area contributed by atoms with Gasteiger partial charge in [-0.25, -0.2) is 13.1 Å². The molecule has 0 aliphatic heterocycles. The second-order valence-corrected chi connectivity index (χ2v) is 8.75. The molecular weight excluding hydrogens is 428 g/mol. The molecule has 0 bridgehead atoms. The van der Waals surface area contributed by atoms with Gasteiger partial charge in [0.1, 0.15) is 0 Å². The summed E-state index contributed by atoms with van der Waals surface area (Å²) >= 11 is 4.60. The fourth-order valence-electron chi connectivity index (χ4n) is 2.11. The standard InChI is InChI=1S/C15H13BrN4O3S2/c1-25(22,23)19-12-6-10(16)5-11(7-12)18-15(21)14-8-13(9-24-14)20-4-2-3-17-20/h2-9,19H,1H3,(H,18,21). The molecule has 0 saturated carbocycles. The van der Waals surface area contributed by atoms with Gasteiger partial charge in [0.15, 0.2) is 0 Å². The van der Waals surface area contributed by atoms with Crippen LogP contribution < -0.4 is 10.0 Å². The van der Waals surface area contributed by atoms with Gasteiger partial charge < -0.3 is 5.32 Å². The summed E-state index contributed by atoms with van der Waals surface area (Å²) in [5.41, 5.74) is 1.63. The van der Waals surface area contributed by atoms with E-state index in [2.05, 4.69) is 31.1 Å². The van der Waals surface area contributed by atoms with Crippen molar-refractivity contribution >= 4 is 54.6 Å². The van der Waals surface area contributed by atoms with E-state index in [1.54, 1.807) is 47.4 Å². The fourth-order valence-corrected chi connectivity index (χ4v) is 3.92. The minimum atomic E-state index is -3.40. The maximum absolute atomic E-state index is 12.4. The zero-order valence-electron chi connectivity index (χ0n) is 12.9. The molecule has 2 heterocycles. The molecule has 25 heavy (non-hydrogen) atoms. The van der Waals surface area contributed by atoms with E-state index in [1.807, 2.05) is 5.38 Å². The average molecular weight is 441 g/mol. The Labute approximate surface area is 156 Å². The van der Waals surface area contributed by atoms with Crippen molar-refractivity contribution in [1.82, 2.24) is 9.78 Å². The van der Waals surface area contributed by atoms with Gasteiger partial charge in [0.05, 0.1) is 22.5 Å². The number of rotatable bonds is 5. The van der Waals surface area contributed by atoms with Gasteiger partial charge >= 0.3 is 0 Å². The smallest absolute Gasteiger partial charge is 0.265 e. The lowest BCUT2D eigenvalue weighted by molar-refractivity contribution is 0.103. The Morgan fingerprint density at radius 1 is 1.24 bits per heavy atom. The number of carbonyl (C=O) groups excluding carboxylic acids is 1. The lowest BCUT2D eigenvalue weighted by Crippen LogP contribution is -2.12. The molecule has 0 aliphatic carbocycles. The Hall–Kier alpha value is -2.17. The molecule has 2 aromatic heterocycles. The maximum atomic E-state index is 12.4. The van der Waals surface area contributed by atoms with Crippen molar-refractivity contribution < 1.29 is 13.2 Å². The Morgan fingerprint density at radius 2 is 2.00 bits per heavy atom. The summed E-state index contributed by atoms with van der Waals surface area (Å²) in [4.78, 5) is 12.9. The second-order valence-electron chi connectivity index (χ2n) is 5.18. The van der Waals surface area contributed by atoms with Crippen LogP contribution in [0.3, 0.4) is 0 Å². The minimum absolute atomic E-state index is 0.285. The molecule has 0 atom stereocenters. The number of hydrogen-bond acceptors (Lipinski definition) is 5. The summed E-state index contributed by atoms with van der Waals surface area (Å²) in [6.45, 7) is 0. The summed E-state index contributed by atoms with van der Waals surface area (Å²) < 4.78 is 27.4. The van der Waals surface area contributed by atoms with E-state index in [9.17, 15) is 13.2 Å². The van der Waals surface area contributed by atoms with Crippen molar-refractivity contribution in [2.75, 3.05) is 16.3 Å². The number of aromatic nitrogens is 2. The van der Waals surface area contributed by atoms with Crippen LogP contribution >= 0.6 is 27.3 Å². The zero-order chi connectivity index (χ0) is 18.0. The third kappa shape index (κ3) is 4.68. The first-order valence-corrected chi connectivity index (χ1v) is 10.5. The van der Waals surface area contributed by atoms with Crippen LogP contribution in [0.25, 0.3) is 5.69 Å². The number of nitrogens with zero attached hydrogens (tertiary/aromatic N) is 2. The SMILES string of the molecule is CS(=O)(=O)Nc1cc(Br)cc(NC(=O)c2cc(-n3cccn3)cs2)c1. The van der Waals surface area contributed by atoms with E-state index in [1.165, 1.54) is 11.3 Å². The number of amides is 1. The molecule has 2 N–H and O–H groups in total. The highest BCUT2D eigenvalue weighted by molar-refractivity contribution is 9.10. The third-order valence-electron chi connectivity index (χ3n) is 3.04. The number of anilines is 2. The lowest BCUT2D eigenvalue weighted by atomic mass is 10.3. The normalized spacial score (nSPS) is 11.3. The molecule has 1 aromatic carbocycles. The molecule has 3 rings (SSSR count). The number of thiophene rings is 1. The summed E-state index contributed by atoms with van der Waals surface area (Å²) in [6.07, 6.45) is 4.52. The monoisotopic (exact) mass is 440 g/mol. The number of sulfonamides is 1. The highest BCUT2D eigenvalue weighted by Gasteiger charge is 2.12. The average Bonchev–Trinajstić information content (AvgIpc) is 3.16. The Kier molecular flexibility index (Phi) is 4.93. The van der Waals surface area contributed by atoms with Crippen LogP contribution in [-0.4, -0.2) is 30.4 Å².